The maximum Gasteiger partial charge on any atom is 1.00 e. The van der Waals surface area contributed by atoms with Crippen molar-refractivity contribution in [2.75, 3.05) is 6.61 Å². The molecule has 0 radical (unpaired) electrons. The minimum absolute atomic E-state index is 0. The summed E-state index contributed by atoms with van der Waals surface area (Å²) in [5.74, 6) is -2.02. The van der Waals surface area contributed by atoms with E-state index in [0.29, 0.717) is 6.42 Å². The van der Waals surface area contributed by atoms with E-state index < -0.39 is 33.7 Å². The van der Waals surface area contributed by atoms with E-state index in [1.54, 1.807) is 6.92 Å². The second kappa shape index (κ2) is 11.4. The number of carbonyl (C=O) groups is 2. The maximum absolute atomic E-state index is 11.6. The summed E-state index contributed by atoms with van der Waals surface area (Å²) in [6.45, 7) is 5.11. The van der Waals surface area contributed by atoms with Crippen molar-refractivity contribution in [3.63, 3.8) is 0 Å². The average Bonchev–Trinajstić information content (AvgIpc) is 2.32. The zero-order valence-electron chi connectivity index (χ0n) is 14.0. The first kappa shape index (κ1) is 23.1. The summed E-state index contributed by atoms with van der Waals surface area (Å²) < 4.78 is 40.6. The summed E-state index contributed by atoms with van der Waals surface area (Å²) in [5, 5.41) is -1.94. The van der Waals surface area contributed by atoms with Gasteiger partial charge in [-0.3, -0.25) is 14.1 Å². The van der Waals surface area contributed by atoms with Crippen molar-refractivity contribution in [2.45, 2.75) is 57.8 Å². The van der Waals surface area contributed by atoms with Gasteiger partial charge in [0, 0.05) is 0 Å². The van der Waals surface area contributed by atoms with Crippen LogP contribution in [0.25, 0.3) is 0 Å². The molecule has 0 aliphatic heterocycles. The van der Waals surface area contributed by atoms with Crippen LogP contribution in [0.1, 0.15) is 47.9 Å². The second-order valence-corrected chi connectivity index (χ2v) is 6.00. The fraction of sp³-hybridized carbons (Fsp3) is 0.833. The van der Waals surface area contributed by atoms with Gasteiger partial charge in [0.05, 0.1) is 19.1 Å². The van der Waals surface area contributed by atoms with E-state index in [1.807, 2.05) is 6.92 Å². The molecular formula is C12H23NaO7S. The molecule has 0 saturated carbocycles. The molecule has 120 valence electrons. The Morgan fingerprint density at radius 1 is 1.29 bits per heavy atom. The molecule has 2 unspecified atom stereocenters. The minimum atomic E-state index is -4.71. The van der Waals surface area contributed by atoms with Crippen molar-refractivity contribution in [3.8, 4) is 0 Å². The van der Waals surface area contributed by atoms with Crippen LogP contribution in [0.3, 0.4) is 0 Å². The van der Waals surface area contributed by atoms with E-state index in [-0.39, 0.29) is 43.7 Å². The molecule has 2 atom stereocenters. The summed E-state index contributed by atoms with van der Waals surface area (Å²) in [7, 11) is -4.71. The smallest absolute Gasteiger partial charge is 1.00 e. The van der Waals surface area contributed by atoms with E-state index in [1.165, 1.54) is 6.92 Å². The Morgan fingerprint density at radius 2 is 1.86 bits per heavy atom. The Labute approximate surface area is 149 Å². The third kappa shape index (κ3) is 10.2. The summed E-state index contributed by atoms with van der Waals surface area (Å²) in [6, 6.07) is 0. The van der Waals surface area contributed by atoms with Crippen LogP contribution >= 0.6 is 0 Å². The van der Waals surface area contributed by atoms with Crippen molar-refractivity contribution in [2.24, 2.45) is 0 Å². The molecule has 0 amide bonds. The van der Waals surface area contributed by atoms with E-state index in [4.69, 9.17) is 9.29 Å². The predicted octanol–water partition coefficient (Wildman–Crippen LogP) is -1.57. The van der Waals surface area contributed by atoms with Crippen molar-refractivity contribution < 1.29 is 63.0 Å². The monoisotopic (exact) mass is 334 g/mol. The van der Waals surface area contributed by atoms with Crippen LogP contribution in [-0.4, -0.2) is 42.9 Å². The fourth-order valence-electron chi connectivity index (χ4n) is 1.52. The van der Waals surface area contributed by atoms with E-state index in [0.717, 1.165) is 12.8 Å². The number of unbranched alkanes of at least 4 members (excludes halogenated alkanes) is 1. The van der Waals surface area contributed by atoms with Crippen LogP contribution in [0.15, 0.2) is 0 Å². The Bertz CT molecular complexity index is 427. The van der Waals surface area contributed by atoms with Gasteiger partial charge in [-0.25, -0.2) is 0 Å². The van der Waals surface area contributed by atoms with Crippen LogP contribution in [0.5, 0.6) is 0 Å². The molecule has 0 aliphatic rings. The number of rotatable bonds is 9. The Hall–Kier alpha value is -0.150. The Balaban J connectivity index is -0.00000180. The number of carbonyl (C=O) groups excluding carboxylic acids is 2. The van der Waals surface area contributed by atoms with Crippen molar-refractivity contribution in [3.05, 3.63) is 0 Å². The van der Waals surface area contributed by atoms with Gasteiger partial charge < -0.3 is 10.9 Å². The van der Waals surface area contributed by atoms with Gasteiger partial charge in [0.25, 0.3) is 10.1 Å². The zero-order valence-corrected chi connectivity index (χ0v) is 15.8. The topological polar surface area (TPSA) is 107 Å². The number of hydrogen-bond donors (Lipinski definition) is 1. The predicted molar refractivity (Wildman–Crippen MR) is 72.8 cm³/mol. The molecule has 21 heavy (non-hydrogen) atoms. The van der Waals surface area contributed by atoms with Crippen LogP contribution in [0, 0.1) is 0 Å². The van der Waals surface area contributed by atoms with Crippen LogP contribution in [0.2, 0.25) is 0 Å². The third-order valence-electron chi connectivity index (χ3n) is 2.56. The molecule has 0 saturated heterocycles. The second-order valence-electron chi connectivity index (χ2n) is 4.40. The van der Waals surface area contributed by atoms with Gasteiger partial charge in [0.1, 0.15) is 0 Å². The standard InChI is InChI=1S/C12H22O7S.Na.H/c1-4-6-7-9(3)19-11(13)8-10(20(15,16)17)12(14)18-5-2;;/h9-10H,4-8H2,1-3H3,(H,15,16,17);;/q;+1;-1. The molecule has 0 fully saturated rings. The molecule has 0 spiro atoms. The first-order chi connectivity index (χ1) is 9.22. The first-order valence-corrected chi connectivity index (χ1v) is 8.05. The molecule has 0 bridgehead atoms. The fourth-order valence-corrected chi connectivity index (χ4v) is 2.18. The molecule has 0 aliphatic carbocycles. The summed E-state index contributed by atoms with van der Waals surface area (Å²) in [5.41, 5.74) is 0. The van der Waals surface area contributed by atoms with Crippen molar-refractivity contribution in [1.29, 1.82) is 0 Å². The van der Waals surface area contributed by atoms with Crippen LogP contribution < -0.4 is 29.6 Å². The van der Waals surface area contributed by atoms with Gasteiger partial charge in [-0.1, -0.05) is 19.8 Å². The molecule has 0 aromatic carbocycles. The van der Waals surface area contributed by atoms with Crippen molar-refractivity contribution >= 4 is 22.1 Å². The summed E-state index contributed by atoms with van der Waals surface area (Å²) in [6.07, 6.45) is 1.34. The van der Waals surface area contributed by atoms with Gasteiger partial charge in [-0.2, -0.15) is 8.42 Å². The zero-order chi connectivity index (χ0) is 15.8. The SMILES string of the molecule is CCCCC(C)OC(=O)CC(C(=O)OCC)S(=O)(=O)O.[H-].[Na+]. The quantitative estimate of drug-likeness (QED) is 0.308. The maximum atomic E-state index is 11.6. The van der Waals surface area contributed by atoms with Gasteiger partial charge in [-0.15, -0.1) is 0 Å². The van der Waals surface area contributed by atoms with Crippen LogP contribution in [-0.2, 0) is 29.2 Å². The normalized spacial score (nSPS) is 13.7. The number of hydrogen-bond acceptors (Lipinski definition) is 6. The Morgan fingerprint density at radius 3 is 2.29 bits per heavy atom. The van der Waals surface area contributed by atoms with E-state index in [9.17, 15) is 18.0 Å². The number of esters is 2. The minimum Gasteiger partial charge on any atom is -1.00 e. The third-order valence-corrected chi connectivity index (χ3v) is 3.64. The summed E-state index contributed by atoms with van der Waals surface area (Å²) in [4.78, 5) is 23.0. The molecule has 0 aromatic heterocycles. The molecule has 0 heterocycles. The van der Waals surface area contributed by atoms with Gasteiger partial charge in [0.2, 0.25) is 0 Å². The molecule has 0 rings (SSSR count). The largest absolute Gasteiger partial charge is 1.00 e. The van der Waals surface area contributed by atoms with E-state index in [2.05, 4.69) is 4.74 Å². The molecule has 1 N–H and O–H groups in total. The molecular weight excluding hydrogens is 311 g/mol. The van der Waals surface area contributed by atoms with E-state index >= 15 is 0 Å². The summed E-state index contributed by atoms with van der Waals surface area (Å²) >= 11 is 0. The molecule has 0 aromatic rings. The molecule has 7 nitrogen and oxygen atoms in total. The number of ether oxygens (including phenoxy) is 2. The van der Waals surface area contributed by atoms with Gasteiger partial charge in [-0.05, 0) is 20.3 Å². The van der Waals surface area contributed by atoms with Gasteiger partial charge >= 0.3 is 41.5 Å². The first-order valence-electron chi connectivity index (χ1n) is 6.54. The average molecular weight is 334 g/mol. The molecule has 9 heteroatoms. The Kier molecular flexibility index (Phi) is 12.6. The van der Waals surface area contributed by atoms with Crippen LogP contribution in [0.4, 0.5) is 0 Å². The van der Waals surface area contributed by atoms with Crippen molar-refractivity contribution in [1.82, 2.24) is 0 Å². The van der Waals surface area contributed by atoms with Gasteiger partial charge in [0.15, 0.2) is 5.25 Å².